The largest absolute Gasteiger partial charge is 0.368 e. The number of terminal acetylenes is 1. The summed E-state index contributed by atoms with van der Waals surface area (Å²) in [6.45, 7) is 0.771. The fraction of sp³-hybridized carbons (Fsp3) is 0.750. The van der Waals surface area contributed by atoms with Crippen LogP contribution < -0.4 is 0 Å². The summed E-state index contributed by atoms with van der Waals surface area (Å²) in [6, 6.07) is 0. The third-order valence-electron chi connectivity index (χ3n) is 1.61. The van der Waals surface area contributed by atoms with E-state index in [9.17, 15) is 0 Å². The highest BCUT2D eigenvalue weighted by Crippen LogP contribution is 2.13. The maximum absolute atomic E-state index is 8.93. The molecule has 0 radical (unpaired) electrons. The Morgan fingerprint density at radius 2 is 2.45 bits per heavy atom. The average molecular weight is 156 g/mol. The molecule has 0 bridgehead atoms. The van der Waals surface area contributed by atoms with Crippen LogP contribution in [0.25, 0.3) is 0 Å². The van der Waals surface area contributed by atoms with Gasteiger partial charge in [-0.25, -0.2) is 0 Å². The Balaban J connectivity index is 2.13. The molecule has 3 nitrogen and oxygen atoms in total. The SMILES string of the molecule is C#CCO[C@@H]1CC[C@H](O)OC1. The first-order valence-electron chi connectivity index (χ1n) is 3.67. The highest BCUT2D eigenvalue weighted by Gasteiger charge is 2.19. The van der Waals surface area contributed by atoms with Gasteiger partial charge < -0.3 is 14.6 Å². The molecule has 0 amide bonds. The van der Waals surface area contributed by atoms with E-state index >= 15 is 0 Å². The Labute approximate surface area is 66.3 Å². The van der Waals surface area contributed by atoms with Crippen molar-refractivity contribution in [2.24, 2.45) is 0 Å². The van der Waals surface area contributed by atoms with Gasteiger partial charge in [0.2, 0.25) is 0 Å². The monoisotopic (exact) mass is 156 g/mol. The van der Waals surface area contributed by atoms with Crippen LogP contribution in [0.5, 0.6) is 0 Å². The summed E-state index contributed by atoms with van der Waals surface area (Å²) in [7, 11) is 0. The fourth-order valence-electron chi connectivity index (χ4n) is 1.01. The van der Waals surface area contributed by atoms with Gasteiger partial charge in [0.15, 0.2) is 6.29 Å². The van der Waals surface area contributed by atoms with Gasteiger partial charge in [0.1, 0.15) is 6.61 Å². The Hall–Kier alpha value is -0.560. The van der Waals surface area contributed by atoms with Crippen molar-refractivity contribution in [2.45, 2.75) is 25.2 Å². The number of aliphatic hydroxyl groups excluding tert-OH is 1. The highest BCUT2D eigenvalue weighted by molar-refractivity contribution is 4.83. The molecule has 1 heterocycles. The third kappa shape index (κ3) is 2.89. The molecule has 0 aromatic carbocycles. The Morgan fingerprint density at radius 3 is 3.00 bits per heavy atom. The number of hydrogen-bond donors (Lipinski definition) is 1. The zero-order chi connectivity index (χ0) is 8.10. The molecule has 11 heavy (non-hydrogen) atoms. The van der Waals surface area contributed by atoms with E-state index in [1.54, 1.807) is 0 Å². The van der Waals surface area contributed by atoms with Gasteiger partial charge in [0.05, 0.1) is 12.7 Å². The van der Waals surface area contributed by atoms with E-state index in [0.717, 1.165) is 6.42 Å². The Kier molecular flexibility index (Phi) is 3.37. The minimum atomic E-state index is -0.610. The molecule has 0 saturated carbocycles. The van der Waals surface area contributed by atoms with E-state index in [-0.39, 0.29) is 6.10 Å². The van der Waals surface area contributed by atoms with Crippen molar-refractivity contribution in [3.63, 3.8) is 0 Å². The van der Waals surface area contributed by atoms with Crippen molar-refractivity contribution in [2.75, 3.05) is 13.2 Å². The van der Waals surface area contributed by atoms with Gasteiger partial charge in [0, 0.05) is 6.42 Å². The summed E-state index contributed by atoms with van der Waals surface area (Å²) in [6.07, 6.45) is 5.92. The van der Waals surface area contributed by atoms with Crippen LogP contribution in [0.4, 0.5) is 0 Å². The van der Waals surface area contributed by atoms with E-state index < -0.39 is 6.29 Å². The smallest absolute Gasteiger partial charge is 0.154 e. The van der Waals surface area contributed by atoms with Crippen LogP contribution in [-0.4, -0.2) is 30.7 Å². The molecule has 1 aliphatic rings. The van der Waals surface area contributed by atoms with Crippen molar-refractivity contribution < 1.29 is 14.6 Å². The summed E-state index contributed by atoms with van der Waals surface area (Å²) >= 11 is 0. The second kappa shape index (κ2) is 4.35. The number of ether oxygens (including phenoxy) is 2. The van der Waals surface area contributed by atoms with Crippen LogP contribution >= 0.6 is 0 Å². The molecule has 0 unspecified atom stereocenters. The molecular weight excluding hydrogens is 144 g/mol. The molecule has 2 atom stereocenters. The predicted octanol–water partition coefficient (Wildman–Crippen LogP) is 0.134. The highest BCUT2D eigenvalue weighted by atomic mass is 16.6. The minimum Gasteiger partial charge on any atom is -0.368 e. The lowest BCUT2D eigenvalue weighted by molar-refractivity contribution is -0.164. The summed E-state index contributed by atoms with van der Waals surface area (Å²) in [5, 5.41) is 8.93. The second-order valence-electron chi connectivity index (χ2n) is 2.50. The van der Waals surface area contributed by atoms with Crippen LogP contribution in [0.15, 0.2) is 0 Å². The van der Waals surface area contributed by atoms with Crippen molar-refractivity contribution in [1.82, 2.24) is 0 Å². The lowest BCUT2D eigenvalue weighted by atomic mass is 10.1. The van der Waals surface area contributed by atoms with Gasteiger partial charge in [-0.05, 0) is 6.42 Å². The standard InChI is InChI=1S/C8H12O3/c1-2-5-10-7-3-4-8(9)11-6-7/h1,7-9H,3-6H2/t7-,8-/m1/s1. The molecule has 1 N–H and O–H groups in total. The van der Waals surface area contributed by atoms with Crippen molar-refractivity contribution >= 4 is 0 Å². The first-order valence-corrected chi connectivity index (χ1v) is 3.67. The van der Waals surface area contributed by atoms with E-state index in [1.807, 2.05) is 0 Å². The van der Waals surface area contributed by atoms with Crippen LogP contribution in [0.2, 0.25) is 0 Å². The molecule has 3 heteroatoms. The average Bonchev–Trinajstić information content (AvgIpc) is 2.04. The summed E-state index contributed by atoms with van der Waals surface area (Å²) in [4.78, 5) is 0. The van der Waals surface area contributed by atoms with Gasteiger partial charge in [-0.3, -0.25) is 0 Å². The first kappa shape index (κ1) is 8.54. The minimum absolute atomic E-state index is 0.0643. The van der Waals surface area contributed by atoms with Crippen molar-refractivity contribution in [1.29, 1.82) is 0 Å². The van der Waals surface area contributed by atoms with Gasteiger partial charge in [0.25, 0.3) is 0 Å². The molecule has 0 spiro atoms. The van der Waals surface area contributed by atoms with Crippen molar-refractivity contribution in [3.8, 4) is 12.3 Å². The zero-order valence-electron chi connectivity index (χ0n) is 6.32. The lowest BCUT2D eigenvalue weighted by Gasteiger charge is -2.25. The molecule has 0 aromatic heterocycles. The van der Waals surface area contributed by atoms with Crippen LogP contribution in [0.3, 0.4) is 0 Å². The molecular formula is C8H12O3. The number of hydrogen-bond acceptors (Lipinski definition) is 3. The Morgan fingerprint density at radius 1 is 1.64 bits per heavy atom. The zero-order valence-corrected chi connectivity index (χ0v) is 6.32. The Bertz CT molecular complexity index is 142. The molecule has 1 saturated heterocycles. The lowest BCUT2D eigenvalue weighted by Crippen LogP contribution is -2.31. The maximum Gasteiger partial charge on any atom is 0.154 e. The summed E-state index contributed by atoms with van der Waals surface area (Å²) in [5.41, 5.74) is 0. The normalized spacial score (nSPS) is 31.3. The van der Waals surface area contributed by atoms with Crippen LogP contribution in [0.1, 0.15) is 12.8 Å². The topological polar surface area (TPSA) is 38.7 Å². The molecule has 0 aromatic rings. The summed E-state index contributed by atoms with van der Waals surface area (Å²) < 4.78 is 10.2. The fourth-order valence-corrected chi connectivity index (χ4v) is 1.01. The van der Waals surface area contributed by atoms with Gasteiger partial charge in [-0.2, -0.15) is 0 Å². The first-order chi connectivity index (χ1) is 5.33. The van der Waals surface area contributed by atoms with Gasteiger partial charge in [-0.15, -0.1) is 6.42 Å². The predicted molar refractivity (Wildman–Crippen MR) is 39.8 cm³/mol. The molecule has 1 fully saturated rings. The third-order valence-corrected chi connectivity index (χ3v) is 1.61. The van der Waals surface area contributed by atoms with E-state index in [4.69, 9.17) is 21.0 Å². The molecule has 1 aliphatic heterocycles. The van der Waals surface area contributed by atoms with E-state index in [2.05, 4.69) is 5.92 Å². The van der Waals surface area contributed by atoms with Gasteiger partial charge >= 0.3 is 0 Å². The molecule has 0 aliphatic carbocycles. The number of aliphatic hydroxyl groups is 1. The van der Waals surface area contributed by atoms with E-state index in [0.29, 0.717) is 19.6 Å². The maximum atomic E-state index is 8.93. The van der Waals surface area contributed by atoms with Crippen molar-refractivity contribution in [3.05, 3.63) is 0 Å². The summed E-state index contributed by atoms with van der Waals surface area (Å²) in [5.74, 6) is 2.39. The van der Waals surface area contributed by atoms with E-state index in [1.165, 1.54) is 0 Å². The quantitative estimate of drug-likeness (QED) is 0.578. The van der Waals surface area contributed by atoms with Crippen LogP contribution in [-0.2, 0) is 9.47 Å². The van der Waals surface area contributed by atoms with Crippen LogP contribution in [0, 0.1) is 12.3 Å². The second-order valence-corrected chi connectivity index (χ2v) is 2.50. The van der Waals surface area contributed by atoms with Gasteiger partial charge in [-0.1, -0.05) is 5.92 Å². The number of rotatable bonds is 2. The molecule has 62 valence electrons. The molecule has 1 rings (SSSR count).